The number of hydrogen-bond acceptors (Lipinski definition) is 5. The van der Waals surface area contributed by atoms with Crippen LogP contribution in [0.5, 0.6) is 0 Å². The van der Waals surface area contributed by atoms with Crippen LogP contribution in [0.1, 0.15) is 71.7 Å². The molecule has 0 amide bonds. The van der Waals surface area contributed by atoms with Gasteiger partial charge < -0.3 is 14.3 Å². The molecule has 7 heteroatoms. The van der Waals surface area contributed by atoms with Crippen LogP contribution < -0.4 is 0 Å². The summed E-state index contributed by atoms with van der Waals surface area (Å²) >= 11 is 7.50. The number of hydrogen-bond donors (Lipinski definition) is 1. The van der Waals surface area contributed by atoms with E-state index in [2.05, 4.69) is 0 Å². The predicted molar refractivity (Wildman–Crippen MR) is 129 cm³/mol. The van der Waals surface area contributed by atoms with Crippen LogP contribution in [0.4, 0.5) is 4.39 Å². The molecular weight excluding hydrogens is 463 g/mol. The second-order valence-electron chi connectivity index (χ2n) is 9.40. The standard InChI is InChI=1S/C26H32ClFO4S/c1-31-25(30)22-12-10-19(33-22)6-2-5-17-9-11-21(28)20(17)7-3-8-23(29)26(13-4-14-26)24-15-18(27)16-32-24/h3,7,10,12,15-17,20-21,23,29H,2,4-6,8-9,11,13-14H2,1H3/b7-3+/t17-,20?,21?,23?/m0/s1. The first-order valence-corrected chi connectivity index (χ1v) is 13.0. The van der Waals surface area contributed by atoms with E-state index in [1.165, 1.54) is 24.7 Å². The van der Waals surface area contributed by atoms with Gasteiger partial charge in [-0.3, -0.25) is 0 Å². The Labute approximate surface area is 203 Å². The third-order valence-electron chi connectivity index (χ3n) is 7.48. The van der Waals surface area contributed by atoms with Gasteiger partial charge in [-0.1, -0.05) is 30.2 Å². The Hall–Kier alpha value is -1.63. The molecule has 2 aromatic heterocycles. The summed E-state index contributed by atoms with van der Waals surface area (Å²) in [5.74, 6) is 0.677. The predicted octanol–water partition coefficient (Wildman–Crippen LogP) is 6.90. The van der Waals surface area contributed by atoms with Crippen molar-refractivity contribution in [2.24, 2.45) is 11.8 Å². The number of ether oxygens (including phenoxy) is 1. The molecular formula is C26H32ClFO4S. The van der Waals surface area contributed by atoms with E-state index >= 15 is 0 Å². The molecule has 4 rings (SSSR count). The average molecular weight is 495 g/mol. The van der Waals surface area contributed by atoms with Gasteiger partial charge in [0.25, 0.3) is 0 Å². The van der Waals surface area contributed by atoms with E-state index in [0.717, 1.165) is 55.6 Å². The Bertz CT molecular complexity index is 963. The molecule has 2 aliphatic carbocycles. The highest BCUT2D eigenvalue weighted by atomic mass is 35.5. The number of rotatable bonds is 10. The molecule has 0 aliphatic heterocycles. The molecule has 0 spiro atoms. The molecule has 0 aromatic carbocycles. The van der Waals surface area contributed by atoms with Gasteiger partial charge in [0.05, 0.1) is 23.7 Å². The van der Waals surface area contributed by atoms with Crippen LogP contribution in [0.15, 0.2) is 41.0 Å². The molecule has 2 aliphatic rings. The van der Waals surface area contributed by atoms with Crippen LogP contribution in [0.25, 0.3) is 0 Å². The molecule has 33 heavy (non-hydrogen) atoms. The van der Waals surface area contributed by atoms with E-state index in [4.69, 9.17) is 20.8 Å². The minimum absolute atomic E-state index is 0.0958. The van der Waals surface area contributed by atoms with Gasteiger partial charge in [0, 0.05) is 10.8 Å². The van der Waals surface area contributed by atoms with Crippen molar-refractivity contribution in [1.29, 1.82) is 0 Å². The number of thiophene rings is 1. The minimum Gasteiger partial charge on any atom is -0.467 e. The van der Waals surface area contributed by atoms with Crippen molar-refractivity contribution in [2.75, 3.05) is 7.11 Å². The lowest BCUT2D eigenvalue weighted by Crippen LogP contribution is -2.45. The molecule has 0 radical (unpaired) electrons. The van der Waals surface area contributed by atoms with Gasteiger partial charge in [0.1, 0.15) is 23.1 Å². The van der Waals surface area contributed by atoms with Crippen molar-refractivity contribution in [3.05, 3.63) is 57.2 Å². The fourth-order valence-corrected chi connectivity index (χ4v) is 6.51. The summed E-state index contributed by atoms with van der Waals surface area (Å²) < 4.78 is 25.0. The number of carbonyl (C=O) groups is 1. The second-order valence-corrected chi connectivity index (χ2v) is 11.0. The van der Waals surface area contributed by atoms with Crippen LogP contribution in [0, 0.1) is 11.8 Å². The maximum absolute atomic E-state index is 14.6. The van der Waals surface area contributed by atoms with Gasteiger partial charge in [-0.15, -0.1) is 11.3 Å². The van der Waals surface area contributed by atoms with Crippen LogP contribution >= 0.6 is 22.9 Å². The Morgan fingerprint density at radius 3 is 2.91 bits per heavy atom. The van der Waals surface area contributed by atoms with Crippen molar-refractivity contribution < 1.29 is 23.4 Å². The van der Waals surface area contributed by atoms with E-state index in [1.54, 1.807) is 12.1 Å². The van der Waals surface area contributed by atoms with Gasteiger partial charge in [0.2, 0.25) is 0 Å². The fraction of sp³-hybridized carbons (Fsp3) is 0.577. The van der Waals surface area contributed by atoms with E-state index < -0.39 is 12.3 Å². The number of alkyl halides is 1. The smallest absolute Gasteiger partial charge is 0.348 e. The Morgan fingerprint density at radius 1 is 1.42 bits per heavy atom. The number of furan rings is 1. The lowest BCUT2D eigenvalue weighted by atomic mass is 9.63. The molecule has 180 valence electrons. The number of methoxy groups -OCH3 is 1. The molecule has 2 saturated carbocycles. The van der Waals surface area contributed by atoms with Crippen molar-refractivity contribution in [1.82, 2.24) is 0 Å². The van der Waals surface area contributed by atoms with Gasteiger partial charge >= 0.3 is 5.97 Å². The number of aliphatic hydroxyl groups is 1. The van der Waals surface area contributed by atoms with Crippen LogP contribution in [0.2, 0.25) is 5.02 Å². The third-order valence-corrected chi connectivity index (χ3v) is 8.80. The quantitative estimate of drug-likeness (QED) is 0.288. The Kier molecular flexibility index (Phi) is 7.98. The summed E-state index contributed by atoms with van der Waals surface area (Å²) in [7, 11) is 1.39. The highest BCUT2D eigenvalue weighted by molar-refractivity contribution is 7.13. The molecule has 0 saturated heterocycles. The minimum atomic E-state index is -0.822. The highest BCUT2D eigenvalue weighted by Crippen LogP contribution is 2.48. The molecule has 4 atom stereocenters. The maximum Gasteiger partial charge on any atom is 0.348 e. The zero-order valence-corrected chi connectivity index (χ0v) is 20.5. The van der Waals surface area contributed by atoms with E-state index in [9.17, 15) is 14.3 Å². The normalized spacial score (nSPS) is 25.3. The van der Waals surface area contributed by atoms with Gasteiger partial charge in [-0.05, 0) is 75.5 Å². The summed E-state index contributed by atoms with van der Waals surface area (Å²) in [4.78, 5) is 13.4. The van der Waals surface area contributed by atoms with Crippen LogP contribution in [-0.2, 0) is 16.6 Å². The molecule has 0 bridgehead atoms. The number of aliphatic hydroxyl groups excluding tert-OH is 1. The van der Waals surface area contributed by atoms with E-state index in [1.807, 2.05) is 18.2 Å². The topological polar surface area (TPSA) is 59.7 Å². The van der Waals surface area contributed by atoms with Crippen LogP contribution in [-0.4, -0.2) is 30.5 Å². The highest BCUT2D eigenvalue weighted by Gasteiger charge is 2.47. The lowest BCUT2D eigenvalue weighted by Gasteiger charge is -2.43. The van der Waals surface area contributed by atoms with Crippen molar-refractivity contribution in [3.8, 4) is 0 Å². The van der Waals surface area contributed by atoms with Crippen molar-refractivity contribution in [3.63, 3.8) is 0 Å². The summed E-state index contributed by atoms with van der Waals surface area (Å²) in [6, 6.07) is 5.59. The molecule has 3 unspecified atom stereocenters. The summed E-state index contributed by atoms with van der Waals surface area (Å²) in [5.41, 5.74) is -0.370. The van der Waals surface area contributed by atoms with Crippen LogP contribution in [0.3, 0.4) is 0 Å². The number of aryl methyl sites for hydroxylation is 1. The summed E-state index contributed by atoms with van der Waals surface area (Å²) in [6.07, 6.45) is 11.7. The van der Waals surface area contributed by atoms with E-state index in [0.29, 0.717) is 28.7 Å². The Morgan fingerprint density at radius 2 is 2.24 bits per heavy atom. The molecule has 2 heterocycles. The average Bonchev–Trinajstić information content (AvgIpc) is 3.49. The first-order chi connectivity index (χ1) is 15.9. The number of allylic oxidation sites excluding steroid dienone is 1. The molecule has 4 nitrogen and oxygen atoms in total. The Balaban J connectivity index is 1.29. The number of halogens is 2. The number of carbonyl (C=O) groups excluding carboxylic acids is 1. The largest absolute Gasteiger partial charge is 0.467 e. The van der Waals surface area contributed by atoms with Gasteiger partial charge in [-0.2, -0.15) is 0 Å². The number of esters is 1. The van der Waals surface area contributed by atoms with Gasteiger partial charge in [-0.25, -0.2) is 9.18 Å². The van der Waals surface area contributed by atoms with E-state index in [-0.39, 0.29) is 17.3 Å². The van der Waals surface area contributed by atoms with Gasteiger partial charge in [0.15, 0.2) is 0 Å². The first kappa shape index (κ1) is 24.5. The van der Waals surface area contributed by atoms with Crippen molar-refractivity contribution in [2.45, 2.75) is 75.5 Å². The van der Waals surface area contributed by atoms with Crippen molar-refractivity contribution >= 4 is 28.9 Å². The molecule has 1 N–H and O–H groups in total. The SMILES string of the molecule is COC(=O)c1ccc(CCC[C@H]2CCC(F)C2/C=C/CC(O)C2(c3cc(Cl)co3)CCC2)s1. The summed E-state index contributed by atoms with van der Waals surface area (Å²) in [5, 5.41) is 11.5. The lowest BCUT2D eigenvalue weighted by molar-refractivity contribution is 0.0159. The summed E-state index contributed by atoms with van der Waals surface area (Å²) in [6.45, 7) is 0. The third kappa shape index (κ3) is 5.39. The second kappa shape index (κ2) is 10.7. The monoisotopic (exact) mass is 494 g/mol. The molecule has 2 aromatic rings. The first-order valence-electron chi connectivity index (χ1n) is 11.8. The fourth-order valence-electron chi connectivity index (χ4n) is 5.39. The zero-order valence-electron chi connectivity index (χ0n) is 19.0. The maximum atomic E-state index is 14.6. The zero-order chi connectivity index (χ0) is 23.4. The molecule has 2 fully saturated rings.